The molecule has 0 rings (SSSR count). The lowest BCUT2D eigenvalue weighted by Gasteiger charge is -2.27. The summed E-state index contributed by atoms with van der Waals surface area (Å²) in [6, 6.07) is 0. The summed E-state index contributed by atoms with van der Waals surface area (Å²) in [4.78, 5) is 13.7. The Bertz CT molecular complexity index is 265. The summed E-state index contributed by atoms with van der Waals surface area (Å²) < 4.78 is 0. The minimum Gasteiger partial charge on any atom is -0.387 e. The van der Waals surface area contributed by atoms with E-state index >= 15 is 0 Å². The number of nitrogens with zero attached hydrogens (tertiary/aromatic N) is 1. The van der Waals surface area contributed by atoms with Crippen LogP contribution in [0.15, 0.2) is 0 Å². The number of nitrogens with one attached hydrogen (secondary N) is 1. The lowest BCUT2D eigenvalue weighted by atomic mass is 9.94. The average molecular weight is 273 g/mol. The number of hydrogen-bond donors (Lipinski definition) is 3. The standard InChI is InChI=1S/C14H31N3O2/c1-11(2)6-12(8-15)7-13(18)16-9-14(3,19)10-17(4)5/h11-12,19H,6-10,15H2,1-5H3,(H,16,18)/t12-,14?/m0/s1. The molecular formula is C14H31N3O2. The van der Waals surface area contributed by atoms with E-state index in [1.165, 1.54) is 0 Å². The van der Waals surface area contributed by atoms with Gasteiger partial charge in [0.05, 0.1) is 5.60 Å². The van der Waals surface area contributed by atoms with Crippen LogP contribution in [0.25, 0.3) is 0 Å². The van der Waals surface area contributed by atoms with Gasteiger partial charge in [-0.1, -0.05) is 13.8 Å². The average Bonchev–Trinajstić information content (AvgIpc) is 2.23. The van der Waals surface area contributed by atoms with E-state index in [0.29, 0.717) is 25.4 Å². The van der Waals surface area contributed by atoms with Crippen LogP contribution in [0, 0.1) is 11.8 Å². The number of nitrogens with two attached hydrogens (primary N) is 1. The summed E-state index contributed by atoms with van der Waals surface area (Å²) in [5, 5.41) is 12.9. The molecule has 0 aromatic heterocycles. The van der Waals surface area contributed by atoms with E-state index in [2.05, 4.69) is 19.2 Å². The van der Waals surface area contributed by atoms with E-state index in [1.807, 2.05) is 19.0 Å². The van der Waals surface area contributed by atoms with Crippen molar-refractivity contribution < 1.29 is 9.90 Å². The van der Waals surface area contributed by atoms with Crippen LogP contribution in [-0.2, 0) is 4.79 Å². The van der Waals surface area contributed by atoms with Crippen molar-refractivity contribution in [3.63, 3.8) is 0 Å². The van der Waals surface area contributed by atoms with E-state index in [0.717, 1.165) is 6.42 Å². The molecule has 0 saturated carbocycles. The minimum atomic E-state index is -0.907. The van der Waals surface area contributed by atoms with Crippen molar-refractivity contribution in [3.8, 4) is 0 Å². The fourth-order valence-electron chi connectivity index (χ4n) is 2.29. The fraction of sp³-hybridized carbons (Fsp3) is 0.929. The number of aliphatic hydroxyl groups is 1. The first-order valence-corrected chi connectivity index (χ1v) is 7.00. The van der Waals surface area contributed by atoms with Gasteiger partial charge in [0.15, 0.2) is 0 Å². The molecule has 4 N–H and O–H groups in total. The maximum Gasteiger partial charge on any atom is 0.220 e. The first-order chi connectivity index (χ1) is 8.66. The van der Waals surface area contributed by atoms with E-state index in [1.54, 1.807) is 6.92 Å². The third-order valence-corrected chi connectivity index (χ3v) is 2.94. The molecule has 19 heavy (non-hydrogen) atoms. The van der Waals surface area contributed by atoms with E-state index in [9.17, 15) is 9.90 Å². The van der Waals surface area contributed by atoms with Gasteiger partial charge in [-0.3, -0.25) is 4.79 Å². The second-order valence-corrected chi connectivity index (χ2v) is 6.45. The van der Waals surface area contributed by atoms with Gasteiger partial charge in [0.1, 0.15) is 0 Å². The van der Waals surface area contributed by atoms with Gasteiger partial charge in [0.2, 0.25) is 5.91 Å². The molecule has 0 heterocycles. The molecule has 0 bridgehead atoms. The number of rotatable bonds is 9. The van der Waals surface area contributed by atoms with Crippen LogP contribution in [0.5, 0.6) is 0 Å². The molecule has 0 aliphatic carbocycles. The zero-order valence-electron chi connectivity index (χ0n) is 13.1. The van der Waals surface area contributed by atoms with Crippen LogP contribution in [0.4, 0.5) is 0 Å². The molecule has 0 saturated heterocycles. The van der Waals surface area contributed by atoms with E-state index in [-0.39, 0.29) is 18.4 Å². The number of amides is 1. The molecule has 1 unspecified atom stereocenters. The second kappa shape index (κ2) is 8.51. The Morgan fingerprint density at radius 3 is 2.42 bits per heavy atom. The minimum absolute atomic E-state index is 0.0323. The molecule has 0 spiro atoms. The van der Waals surface area contributed by atoms with E-state index in [4.69, 9.17) is 5.73 Å². The first kappa shape index (κ1) is 18.4. The molecule has 114 valence electrons. The molecule has 0 aromatic carbocycles. The highest BCUT2D eigenvalue weighted by molar-refractivity contribution is 5.76. The van der Waals surface area contributed by atoms with Crippen LogP contribution in [0.3, 0.4) is 0 Å². The molecule has 0 fully saturated rings. The van der Waals surface area contributed by atoms with Crippen molar-refractivity contribution in [2.75, 3.05) is 33.7 Å². The summed E-state index contributed by atoms with van der Waals surface area (Å²) in [7, 11) is 3.78. The van der Waals surface area contributed by atoms with Crippen molar-refractivity contribution in [1.29, 1.82) is 0 Å². The zero-order chi connectivity index (χ0) is 15.1. The fourth-order valence-corrected chi connectivity index (χ4v) is 2.29. The Balaban J connectivity index is 4.09. The van der Waals surface area contributed by atoms with Crippen LogP contribution in [0.1, 0.15) is 33.6 Å². The molecule has 0 radical (unpaired) electrons. The van der Waals surface area contributed by atoms with Gasteiger partial charge in [0, 0.05) is 19.5 Å². The Labute approximate surface area is 117 Å². The van der Waals surface area contributed by atoms with Gasteiger partial charge in [0.25, 0.3) is 0 Å². The van der Waals surface area contributed by atoms with Crippen molar-refractivity contribution in [2.45, 2.75) is 39.2 Å². The van der Waals surface area contributed by atoms with Gasteiger partial charge < -0.3 is 21.1 Å². The van der Waals surface area contributed by atoms with Crippen LogP contribution >= 0.6 is 0 Å². The summed E-state index contributed by atoms with van der Waals surface area (Å²) in [5.41, 5.74) is 4.77. The molecule has 0 aliphatic heterocycles. The topological polar surface area (TPSA) is 78.6 Å². The third kappa shape index (κ3) is 9.87. The monoisotopic (exact) mass is 273 g/mol. The number of hydrogen-bond acceptors (Lipinski definition) is 4. The summed E-state index contributed by atoms with van der Waals surface area (Å²) in [6.45, 7) is 7.29. The highest BCUT2D eigenvalue weighted by Gasteiger charge is 2.22. The van der Waals surface area contributed by atoms with Gasteiger partial charge in [-0.05, 0) is 45.8 Å². The predicted molar refractivity (Wildman–Crippen MR) is 78.8 cm³/mol. The molecule has 2 atom stereocenters. The number of likely N-dealkylation sites (N-methyl/N-ethyl adjacent to an activating group) is 1. The largest absolute Gasteiger partial charge is 0.387 e. The summed E-state index contributed by atoms with van der Waals surface area (Å²) in [6.07, 6.45) is 1.39. The Morgan fingerprint density at radius 2 is 2.00 bits per heavy atom. The van der Waals surface area contributed by atoms with Gasteiger partial charge in [-0.2, -0.15) is 0 Å². The molecule has 1 amide bonds. The van der Waals surface area contributed by atoms with Gasteiger partial charge >= 0.3 is 0 Å². The Hall–Kier alpha value is -0.650. The normalized spacial score (nSPS) is 16.5. The highest BCUT2D eigenvalue weighted by atomic mass is 16.3. The van der Waals surface area contributed by atoms with Crippen LogP contribution < -0.4 is 11.1 Å². The predicted octanol–water partition coefficient (Wildman–Crippen LogP) is 0.426. The van der Waals surface area contributed by atoms with Gasteiger partial charge in [-0.25, -0.2) is 0 Å². The second-order valence-electron chi connectivity index (χ2n) is 6.45. The smallest absolute Gasteiger partial charge is 0.220 e. The molecule has 5 nitrogen and oxygen atoms in total. The molecular weight excluding hydrogens is 242 g/mol. The Morgan fingerprint density at radius 1 is 1.42 bits per heavy atom. The van der Waals surface area contributed by atoms with E-state index < -0.39 is 5.60 Å². The SMILES string of the molecule is CC(C)C[C@H](CN)CC(=O)NCC(C)(O)CN(C)C. The van der Waals surface area contributed by atoms with Crippen molar-refractivity contribution in [2.24, 2.45) is 17.6 Å². The molecule has 0 aliphatic rings. The van der Waals surface area contributed by atoms with Crippen LogP contribution in [0.2, 0.25) is 0 Å². The summed E-state index contributed by atoms with van der Waals surface area (Å²) >= 11 is 0. The highest BCUT2D eigenvalue weighted by Crippen LogP contribution is 2.14. The van der Waals surface area contributed by atoms with Crippen molar-refractivity contribution >= 4 is 5.91 Å². The maximum atomic E-state index is 11.8. The lowest BCUT2D eigenvalue weighted by molar-refractivity contribution is -0.123. The lowest BCUT2D eigenvalue weighted by Crippen LogP contribution is -2.47. The first-order valence-electron chi connectivity index (χ1n) is 7.00. The van der Waals surface area contributed by atoms with Crippen molar-refractivity contribution in [1.82, 2.24) is 10.2 Å². The third-order valence-electron chi connectivity index (χ3n) is 2.94. The van der Waals surface area contributed by atoms with Gasteiger partial charge in [-0.15, -0.1) is 0 Å². The quantitative estimate of drug-likeness (QED) is 0.569. The Kier molecular flexibility index (Phi) is 8.22. The molecule has 5 heteroatoms. The maximum absolute atomic E-state index is 11.8. The number of carbonyl (C=O) groups is 1. The number of carbonyl (C=O) groups excluding carboxylic acids is 1. The van der Waals surface area contributed by atoms with Crippen molar-refractivity contribution in [3.05, 3.63) is 0 Å². The molecule has 0 aromatic rings. The summed E-state index contributed by atoms with van der Waals surface area (Å²) in [5.74, 6) is 0.729. The van der Waals surface area contributed by atoms with Crippen LogP contribution in [-0.4, -0.2) is 55.2 Å². The zero-order valence-corrected chi connectivity index (χ0v) is 13.1.